The van der Waals surface area contributed by atoms with Gasteiger partial charge in [-0.1, -0.05) is 19.1 Å². The molecule has 10 nitrogen and oxygen atoms in total. The molecule has 1 amide bonds. The first-order chi connectivity index (χ1) is 14.0. The third-order valence-corrected chi connectivity index (χ3v) is 6.52. The van der Waals surface area contributed by atoms with Gasteiger partial charge < -0.3 is 37.0 Å². The Hall–Kier alpha value is -3.21. The normalized spacial score (nSPS) is 35.7. The molecule has 9 N–H and O–H groups in total. The van der Waals surface area contributed by atoms with Crippen LogP contribution in [0.15, 0.2) is 35.1 Å². The highest BCUT2D eigenvalue weighted by Gasteiger charge is 2.67. The van der Waals surface area contributed by atoms with Gasteiger partial charge in [-0.25, -0.2) is 0 Å². The Morgan fingerprint density at radius 3 is 2.40 bits per heavy atom. The number of aliphatic hydroxyl groups is 4. The molecule has 1 saturated carbocycles. The lowest BCUT2D eigenvalue weighted by Crippen LogP contribution is -2.70. The molecule has 10 heteroatoms. The van der Waals surface area contributed by atoms with Crippen molar-refractivity contribution in [2.24, 2.45) is 23.3 Å². The van der Waals surface area contributed by atoms with Crippen molar-refractivity contribution in [3.8, 4) is 5.75 Å². The van der Waals surface area contributed by atoms with Gasteiger partial charge >= 0.3 is 0 Å². The van der Waals surface area contributed by atoms with Crippen molar-refractivity contribution >= 4 is 23.2 Å². The van der Waals surface area contributed by atoms with Crippen molar-refractivity contribution in [1.82, 2.24) is 0 Å². The second-order valence-electron chi connectivity index (χ2n) is 7.91. The lowest BCUT2D eigenvalue weighted by molar-refractivity contribution is -0.163. The molecule has 158 valence electrons. The van der Waals surface area contributed by atoms with E-state index in [9.17, 15) is 39.9 Å². The molecule has 1 fully saturated rings. The summed E-state index contributed by atoms with van der Waals surface area (Å²) in [4.78, 5) is 37.6. The minimum Gasteiger partial charge on any atom is -0.508 e. The molecule has 6 atom stereocenters. The number of aliphatic hydroxyl groups excluding tert-OH is 3. The number of carbonyl (C=O) groups excluding carboxylic acids is 3. The Morgan fingerprint density at radius 2 is 1.80 bits per heavy atom. The van der Waals surface area contributed by atoms with Crippen LogP contribution in [0.1, 0.15) is 24.0 Å². The number of fused-ring (bicyclic) bond motifs is 3. The third-order valence-electron chi connectivity index (χ3n) is 6.52. The predicted molar refractivity (Wildman–Crippen MR) is 101 cm³/mol. The minimum atomic E-state index is -2.96. The molecule has 0 spiro atoms. The third kappa shape index (κ3) is 2.15. The van der Waals surface area contributed by atoms with E-state index in [0.717, 1.165) is 0 Å². The topological polar surface area (TPSA) is 204 Å². The van der Waals surface area contributed by atoms with Crippen LogP contribution in [0, 0.1) is 11.8 Å². The van der Waals surface area contributed by atoms with Crippen LogP contribution in [-0.4, -0.2) is 60.8 Å². The van der Waals surface area contributed by atoms with Crippen molar-refractivity contribution in [2.45, 2.75) is 30.6 Å². The molecule has 1 aromatic rings. The van der Waals surface area contributed by atoms with E-state index in [4.69, 9.17) is 11.5 Å². The quantitative estimate of drug-likeness (QED) is 0.277. The average molecular weight is 416 g/mol. The van der Waals surface area contributed by atoms with Crippen LogP contribution in [0.5, 0.6) is 5.75 Å². The minimum absolute atomic E-state index is 0.0476. The van der Waals surface area contributed by atoms with E-state index in [1.807, 2.05) is 0 Å². The molecule has 0 aliphatic heterocycles. The molecule has 0 saturated heterocycles. The summed E-state index contributed by atoms with van der Waals surface area (Å²) in [7, 11) is 0. The number of benzene rings is 1. The molecule has 0 bridgehead atoms. The Morgan fingerprint density at radius 1 is 1.17 bits per heavy atom. The van der Waals surface area contributed by atoms with Crippen LogP contribution in [0.4, 0.5) is 0 Å². The Bertz CT molecular complexity index is 1090. The van der Waals surface area contributed by atoms with Crippen molar-refractivity contribution in [3.05, 3.63) is 46.2 Å². The highest BCUT2D eigenvalue weighted by atomic mass is 16.4. The van der Waals surface area contributed by atoms with Crippen LogP contribution in [0.3, 0.4) is 0 Å². The van der Waals surface area contributed by atoms with Gasteiger partial charge in [0.15, 0.2) is 11.4 Å². The zero-order valence-electron chi connectivity index (χ0n) is 15.7. The number of hydrogen-bond acceptors (Lipinski definition) is 9. The molecule has 0 aromatic heterocycles. The molecule has 4 rings (SSSR count). The van der Waals surface area contributed by atoms with Crippen molar-refractivity contribution in [3.63, 3.8) is 0 Å². The largest absolute Gasteiger partial charge is 0.508 e. The molecule has 3 aliphatic rings. The lowest BCUT2D eigenvalue weighted by Gasteiger charge is -2.52. The summed E-state index contributed by atoms with van der Waals surface area (Å²) in [6, 6.07) is 2.70. The van der Waals surface area contributed by atoms with Crippen LogP contribution in [0.25, 0.3) is 5.76 Å². The first-order valence-electron chi connectivity index (χ1n) is 9.20. The number of nitrogens with two attached hydrogens (primary N) is 2. The Labute approximate surface area is 169 Å². The maximum Gasteiger partial charge on any atom is 0.255 e. The molecule has 0 radical (unpaired) electrons. The van der Waals surface area contributed by atoms with E-state index in [2.05, 4.69) is 0 Å². The van der Waals surface area contributed by atoms with Gasteiger partial charge in [-0.2, -0.15) is 0 Å². The summed E-state index contributed by atoms with van der Waals surface area (Å²) < 4.78 is 0. The van der Waals surface area contributed by atoms with Crippen molar-refractivity contribution in [2.75, 3.05) is 0 Å². The van der Waals surface area contributed by atoms with Gasteiger partial charge in [0.2, 0.25) is 5.78 Å². The predicted octanol–water partition coefficient (Wildman–Crippen LogP) is -1.11. The van der Waals surface area contributed by atoms with Gasteiger partial charge in [0.05, 0.1) is 23.6 Å². The summed E-state index contributed by atoms with van der Waals surface area (Å²) in [6.45, 7) is 1.64. The highest BCUT2D eigenvalue weighted by molar-refractivity contribution is 6.24. The summed E-state index contributed by atoms with van der Waals surface area (Å²) in [5.41, 5.74) is 6.96. The van der Waals surface area contributed by atoms with Crippen LogP contribution >= 0.6 is 0 Å². The van der Waals surface area contributed by atoms with Gasteiger partial charge in [-0.05, 0) is 17.5 Å². The van der Waals surface area contributed by atoms with E-state index in [1.165, 1.54) is 12.1 Å². The summed E-state index contributed by atoms with van der Waals surface area (Å²) >= 11 is 0. The number of ketones is 2. The number of Topliss-reactive ketones (excluding diaryl/α,β-unsaturated/α-hetero) is 2. The van der Waals surface area contributed by atoms with Gasteiger partial charge in [0, 0.05) is 11.5 Å². The molecular weight excluding hydrogens is 396 g/mol. The Kier molecular flexibility index (Phi) is 4.11. The van der Waals surface area contributed by atoms with Crippen LogP contribution < -0.4 is 11.5 Å². The number of aromatic hydroxyl groups is 1. The fourth-order valence-electron chi connectivity index (χ4n) is 5.10. The number of carbonyl (C=O) groups is 3. The summed E-state index contributed by atoms with van der Waals surface area (Å²) in [5, 5.41) is 53.9. The monoisotopic (exact) mass is 416 g/mol. The van der Waals surface area contributed by atoms with Crippen molar-refractivity contribution in [1.29, 1.82) is 0 Å². The lowest BCUT2D eigenvalue weighted by atomic mass is 9.54. The molecular formula is C20H20N2O8. The van der Waals surface area contributed by atoms with E-state index < -0.39 is 75.6 Å². The Balaban J connectivity index is 2.05. The maximum atomic E-state index is 13.4. The number of primary amides is 1. The number of amides is 1. The fraction of sp³-hybridized carbons (Fsp3) is 0.350. The number of phenolic OH excluding ortho intramolecular Hbond substituents is 1. The number of phenols is 1. The molecule has 1 aromatic carbocycles. The standard InChI is InChI=1S/C20H20N2O8/c1-5-6-3-2-4-7(23)9(6)14(24)10-8(5)15(25)12-13(21)16(26)11(19(22)29)18(28)20(12,30)17(10)27/h2-5,8,12-13,15,23-25,28,30H,21H2,1H3,(H2,22,29)/t5-,8+,12+,13-,15-,20-/m0/s1. The smallest absolute Gasteiger partial charge is 0.255 e. The maximum absolute atomic E-state index is 13.4. The van der Waals surface area contributed by atoms with Gasteiger partial charge in [0.1, 0.15) is 22.8 Å². The summed E-state index contributed by atoms with van der Waals surface area (Å²) in [5.74, 6) is -9.49. The molecule has 3 aliphatic carbocycles. The van der Waals surface area contributed by atoms with Crippen molar-refractivity contribution < 1.29 is 39.9 Å². The van der Waals surface area contributed by atoms with Gasteiger partial charge in [0.25, 0.3) is 5.91 Å². The zero-order chi connectivity index (χ0) is 22.3. The van der Waals surface area contributed by atoms with Crippen LogP contribution in [-0.2, 0) is 14.4 Å². The SMILES string of the molecule is C[C@H]1c2cccc(O)c2C(O)=C2C(=O)[C@]3(O)C(O)=C(C(N)=O)C(=O)[C@@H](N)[C@@H]3[C@@H](O)[C@@H]21. The average Bonchev–Trinajstić information content (AvgIpc) is 2.67. The number of hydrogen-bond donors (Lipinski definition) is 7. The van der Waals surface area contributed by atoms with Gasteiger partial charge in [-0.3, -0.25) is 14.4 Å². The van der Waals surface area contributed by atoms with Gasteiger partial charge in [-0.15, -0.1) is 0 Å². The highest BCUT2D eigenvalue weighted by Crippen LogP contribution is 2.55. The van der Waals surface area contributed by atoms with Crippen LogP contribution in [0.2, 0.25) is 0 Å². The number of rotatable bonds is 1. The van der Waals surface area contributed by atoms with E-state index >= 15 is 0 Å². The zero-order valence-corrected chi connectivity index (χ0v) is 15.7. The second-order valence-corrected chi connectivity index (χ2v) is 7.91. The molecule has 0 unspecified atom stereocenters. The van der Waals surface area contributed by atoms with E-state index in [-0.39, 0.29) is 11.3 Å². The summed E-state index contributed by atoms with van der Waals surface area (Å²) in [6.07, 6.45) is -1.66. The second kappa shape index (κ2) is 6.14. The van der Waals surface area contributed by atoms with E-state index in [0.29, 0.717) is 5.56 Å². The van der Waals surface area contributed by atoms with E-state index in [1.54, 1.807) is 13.0 Å². The molecule has 30 heavy (non-hydrogen) atoms. The fourth-order valence-corrected chi connectivity index (χ4v) is 5.10. The first-order valence-corrected chi connectivity index (χ1v) is 9.20. The molecule has 0 heterocycles. The first kappa shape index (κ1) is 20.1.